The molecule has 3 aromatic rings. The molecule has 0 bridgehead atoms. The molecule has 0 fully saturated rings. The van der Waals surface area contributed by atoms with Crippen LogP contribution in [0.3, 0.4) is 0 Å². The summed E-state index contributed by atoms with van der Waals surface area (Å²) in [5.41, 5.74) is 2.61. The van der Waals surface area contributed by atoms with Crippen molar-refractivity contribution in [1.82, 2.24) is 10.6 Å². The Balaban J connectivity index is 1.46. The van der Waals surface area contributed by atoms with Crippen LogP contribution in [0.1, 0.15) is 33.9 Å². The van der Waals surface area contributed by atoms with Gasteiger partial charge in [-0.15, -0.1) is 0 Å². The Morgan fingerprint density at radius 2 is 1.81 bits per heavy atom. The Kier molecular flexibility index (Phi) is 7.76. The molecule has 0 saturated heterocycles. The Morgan fingerprint density at radius 3 is 2.53 bits per heavy atom. The number of amides is 2. The van der Waals surface area contributed by atoms with E-state index in [0.717, 1.165) is 11.1 Å². The first-order chi connectivity index (χ1) is 17.3. The molecular weight excluding hydrogens is 498 g/mol. The van der Waals surface area contributed by atoms with Crippen molar-refractivity contribution in [1.29, 1.82) is 0 Å². The number of hydrogen-bond acceptors (Lipinski definition) is 4. The number of nitrogens with one attached hydrogen (secondary N) is 2. The SMILES string of the molecule is C=CC(=O)NC1CCN(S(=O)(=O)c2ccc(C(=O)NCCc3cccc(Cl)c3)cc2)c2ccccc21. The first kappa shape index (κ1) is 25.5. The lowest BCUT2D eigenvalue weighted by molar-refractivity contribution is -0.117. The molecule has 4 rings (SSSR count). The number of hydrogen-bond donors (Lipinski definition) is 2. The Bertz CT molecular complexity index is 1390. The van der Waals surface area contributed by atoms with Gasteiger partial charge in [0.25, 0.3) is 15.9 Å². The molecule has 186 valence electrons. The van der Waals surface area contributed by atoms with Gasteiger partial charge < -0.3 is 10.6 Å². The number of carbonyl (C=O) groups is 2. The number of anilines is 1. The zero-order valence-electron chi connectivity index (χ0n) is 19.5. The number of benzene rings is 3. The fourth-order valence-electron chi connectivity index (χ4n) is 4.18. The van der Waals surface area contributed by atoms with Crippen LogP contribution in [-0.4, -0.2) is 33.3 Å². The van der Waals surface area contributed by atoms with Gasteiger partial charge >= 0.3 is 0 Å². The van der Waals surface area contributed by atoms with E-state index in [2.05, 4.69) is 17.2 Å². The lowest BCUT2D eigenvalue weighted by atomic mass is 9.98. The standard InChI is InChI=1S/C27H26ClN3O4S/c1-2-26(32)30-24-15-17-31(25-9-4-3-8-23(24)25)36(34,35)22-12-10-20(11-13-22)27(33)29-16-14-19-6-5-7-21(28)18-19/h2-13,18,24H,1,14-17H2,(H,29,33)(H,30,32). The van der Waals surface area contributed by atoms with Gasteiger partial charge in [0, 0.05) is 23.7 Å². The van der Waals surface area contributed by atoms with Crippen molar-refractivity contribution in [3.8, 4) is 0 Å². The van der Waals surface area contributed by atoms with Crippen molar-refractivity contribution in [3.05, 3.63) is 107 Å². The van der Waals surface area contributed by atoms with Gasteiger partial charge in [-0.25, -0.2) is 8.42 Å². The van der Waals surface area contributed by atoms with Crippen LogP contribution >= 0.6 is 11.6 Å². The normalized spacial score (nSPS) is 15.0. The maximum Gasteiger partial charge on any atom is 0.264 e. The number of carbonyl (C=O) groups excluding carboxylic acids is 2. The summed E-state index contributed by atoms with van der Waals surface area (Å²) in [6.45, 7) is 4.10. The molecule has 0 saturated carbocycles. The number of nitrogens with zero attached hydrogens (tertiary/aromatic N) is 1. The van der Waals surface area contributed by atoms with Crippen molar-refractivity contribution in [3.63, 3.8) is 0 Å². The molecule has 3 aromatic carbocycles. The predicted molar refractivity (Wildman–Crippen MR) is 141 cm³/mol. The van der Waals surface area contributed by atoms with Gasteiger partial charge in [0.15, 0.2) is 0 Å². The van der Waals surface area contributed by atoms with E-state index in [1.165, 1.54) is 34.6 Å². The molecule has 1 aliphatic rings. The summed E-state index contributed by atoms with van der Waals surface area (Å²) in [6, 6.07) is 20.1. The molecule has 0 aromatic heterocycles. The molecule has 36 heavy (non-hydrogen) atoms. The maximum absolute atomic E-state index is 13.5. The predicted octanol–water partition coefficient (Wildman–Crippen LogP) is 4.25. The second-order valence-electron chi connectivity index (χ2n) is 8.35. The molecule has 2 N–H and O–H groups in total. The van der Waals surface area contributed by atoms with Gasteiger partial charge in [-0.1, -0.05) is 48.5 Å². The van der Waals surface area contributed by atoms with Gasteiger partial charge in [-0.3, -0.25) is 13.9 Å². The van der Waals surface area contributed by atoms with Crippen LogP contribution in [0.25, 0.3) is 0 Å². The van der Waals surface area contributed by atoms with E-state index in [1.807, 2.05) is 30.3 Å². The molecule has 1 unspecified atom stereocenters. The van der Waals surface area contributed by atoms with Gasteiger partial charge in [-0.2, -0.15) is 0 Å². The van der Waals surface area contributed by atoms with E-state index < -0.39 is 10.0 Å². The van der Waals surface area contributed by atoms with E-state index >= 15 is 0 Å². The smallest absolute Gasteiger partial charge is 0.264 e. The van der Waals surface area contributed by atoms with Crippen molar-refractivity contribution >= 4 is 39.1 Å². The van der Waals surface area contributed by atoms with Crippen molar-refractivity contribution in [2.45, 2.75) is 23.8 Å². The molecular formula is C27H26ClN3O4S. The van der Waals surface area contributed by atoms with Gasteiger partial charge in [0.05, 0.1) is 16.6 Å². The third kappa shape index (κ3) is 5.61. The average Bonchev–Trinajstić information content (AvgIpc) is 2.88. The summed E-state index contributed by atoms with van der Waals surface area (Å²) in [4.78, 5) is 24.5. The summed E-state index contributed by atoms with van der Waals surface area (Å²) in [7, 11) is -3.88. The molecule has 9 heteroatoms. The first-order valence-corrected chi connectivity index (χ1v) is 13.3. The van der Waals surface area contributed by atoms with Crippen LogP contribution in [0.4, 0.5) is 5.69 Å². The monoisotopic (exact) mass is 523 g/mol. The van der Waals surface area contributed by atoms with Gasteiger partial charge in [0.1, 0.15) is 0 Å². The Hall–Kier alpha value is -3.62. The van der Waals surface area contributed by atoms with Gasteiger partial charge in [-0.05, 0) is 72.5 Å². The number of fused-ring (bicyclic) bond motifs is 1. The van der Waals surface area contributed by atoms with E-state index in [0.29, 0.717) is 35.7 Å². The largest absolute Gasteiger partial charge is 0.352 e. The first-order valence-electron chi connectivity index (χ1n) is 11.5. The molecule has 7 nitrogen and oxygen atoms in total. The van der Waals surface area contributed by atoms with Crippen molar-refractivity contribution in [2.75, 3.05) is 17.4 Å². The number of rotatable bonds is 8. The summed E-state index contributed by atoms with van der Waals surface area (Å²) in [5, 5.41) is 6.34. The van der Waals surface area contributed by atoms with E-state index in [4.69, 9.17) is 11.6 Å². The quantitative estimate of drug-likeness (QED) is 0.431. The van der Waals surface area contributed by atoms with Crippen LogP contribution in [0.2, 0.25) is 5.02 Å². The molecule has 1 aliphatic heterocycles. The highest BCUT2D eigenvalue weighted by atomic mass is 35.5. The lowest BCUT2D eigenvalue weighted by Crippen LogP contribution is -2.40. The molecule has 0 radical (unpaired) electrons. The summed E-state index contributed by atoms with van der Waals surface area (Å²) >= 11 is 5.99. The minimum Gasteiger partial charge on any atom is -0.352 e. The number of halogens is 1. The number of sulfonamides is 1. The maximum atomic E-state index is 13.5. The lowest BCUT2D eigenvalue weighted by Gasteiger charge is -2.35. The Labute approximate surface area is 215 Å². The fourth-order valence-corrected chi connectivity index (χ4v) is 5.90. The zero-order chi connectivity index (χ0) is 25.7. The molecule has 0 aliphatic carbocycles. The van der Waals surface area contributed by atoms with Crippen LogP contribution in [0.15, 0.2) is 90.3 Å². The fraction of sp³-hybridized carbons (Fsp3) is 0.185. The highest BCUT2D eigenvalue weighted by molar-refractivity contribution is 7.92. The van der Waals surface area contributed by atoms with Crippen molar-refractivity contribution in [2.24, 2.45) is 0 Å². The average molecular weight is 524 g/mol. The van der Waals surface area contributed by atoms with Crippen LogP contribution in [0, 0.1) is 0 Å². The molecule has 0 spiro atoms. The zero-order valence-corrected chi connectivity index (χ0v) is 21.1. The summed E-state index contributed by atoms with van der Waals surface area (Å²) in [5.74, 6) is -0.599. The molecule has 2 amide bonds. The second kappa shape index (κ2) is 11.0. The van der Waals surface area contributed by atoms with E-state index in [1.54, 1.807) is 18.2 Å². The highest BCUT2D eigenvalue weighted by Gasteiger charge is 2.33. The van der Waals surface area contributed by atoms with Crippen LogP contribution in [0.5, 0.6) is 0 Å². The van der Waals surface area contributed by atoms with Crippen LogP contribution in [-0.2, 0) is 21.2 Å². The summed E-state index contributed by atoms with van der Waals surface area (Å²) in [6.07, 6.45) is 2.24. The van der Waals surface area contributed by atoms with E-state index in [-0.39, 0.29) is 29.3 Å². The summed E-state index contributed by atoms with van der Waals surface area (Å²) < 4.78 is 28.3. The minimum absolute atomic E-state index is 0.0846. The Morgan fingerprint density at radius 1 is 1.06 bits per heavy atom. The van der Waals surface area contributed by atoms with Crippen LogP contribution < -0.4 is 14.9 Å². The second-order valence-corrected chi connectivity index (χ2v) is 10.6. The van der Waals surface area contributed by atoms with Gasteiger partial charge in [0.2, 0.25) is 5.91 Å². The third-order valence-electron chi connectivity index (χ3n) is 6.00. The third-order valence-corrected chi connectivity index (χ3v) is 8.06. The molecule has 1 atom stereocenters. The molecule has 1 heterocycles. The topological polar surface area (TPSA) is 95.6 Å². The highest BCUT2D eigenvalue weighted by Crippen LogP contribution is 2.37. The number of para-hydroxylation sites is 1. The van der Waals surface area contributed by atoms with Crippen molar-refractivity contribution < 1.29 is 18.0 Å². The van der Waals surface area contributed by atoms with E-state index in [9.17, 15) is 18.0 Å². The minimum atomic E-state index is -3.88.